The van der Waals surface area contributed by atoms with Gasteiger partial charge >= 0.3 is 0 Å². The van der Waals surface area contributed by atoms with Crippen molar-refractivity contribution in [1.29, 1.82) is 0 Å². The van der Waals surface area contributed by atoms with Gasteiger partial charge in [0, 0.05) is 28.1 Å². The lowest BCUT2D eigenvalue weighted by molar-refractivity contribution is -0.115. The van der Waals surface area contributed by atoms with Crippen LogP contribution in [0.3, 0.4) is 0 Å². The summed E-state index contributed by atoms with van der Waals surface area (Å²) in [6, 6.07) is 14.4. The fraction of sp³-hybridized carbons (Fsp3) is 0.227. The molecule has 6 nitrogen and oxygen atoms in total. The highest BCUT2D eigenvalue weighted by molar-refractivity contribution is 7.15. The summed E-state index contributed by atoms with van der Waals surface area (Å²) >= 11 is 7.29. The Morgan fingerprint density at radius 1 is 1.10 bits per heavy atom. The van der Waals surface area contributed by atoms with Gasteiger partial charge in [-0.25, -0.2) is 4.98 Å². The Kier molecular flexibility index (Phi) is 7.43. The van der Waals surface area contributed by atoms with Crippen LogP contribution in [0.15, 0.2) is 54.7 Å². The molecule has 0 atom stereocenters. The fourth-order valence-corrected chi connectivity index (χ4v) is 3.62. The van der Waals surface area contributed by atoms with Crippen LogP contribution in [0.2, 0.25) is 5.02 Å². The van der Waals surface area contributed by atoms with Gasteiger partial charge in [0.15, 0.2) is 5.13 Å². The molecule has 0 bridgehead atoms. The zero-order valence-electron chi connectivity index (χ0n) is 16.6. The quantitative estimate of drug-likeness (QED) is 0.535. The number of ether oxygens (including phenoxy) is 1. The summed E-state index contributed by atoms with van der Waals surface area (Å²) in [7, 11) is 0. The molecule has 0 radical (unpaired) electrons. The molecule has 1 heterocycles. The van der Waals surface area contributed by atoms with Crippen LogP contribution in [-0.4, -0.2) is 29.4 Å². The average molecular weight is 444 g/mol. The number of carbonyl (C=O) groups excluding carboxylic acids is 2. The maximum absolute atomic E-state index is 12.2. The van der Waals surface area contributed by atoms with Crippen LogP contribution in [0.1, 0.15) is 34.6 Å². The van der Waals surface area contributed by atoms with E-state index in [4.69, 9.17) is 16.3 Å². The van der Waals surface area contributed by atoms with E-state index in [-0.39, 0.29) is 24.5 Å². The molecule has 0 aliphatic rings. The Balaban J connectivity index is 1.47. The van der Waals surface area contributed by atoms with Crippen LogP contribution in [0.25, 0.3) is 0 Å². The number of carbonyl (C=O) groups is 2. The van der Waals surface area contributed by atoms with Gasteiger partial charge in [0.05, 0.1) is 12.6 Å². The molecule has 0 saturated carbocycles. The van der Waals surface area contributed by atoms with Crippen LogP contribution in [0.5, 0.6) is 5.75 Å². The van der Waals surface area contributed by atoms with Crippen molar-refractivity contribution in [2.75, 3.05) is 11.9 Å². The van der Waals surface area contributed by atoms with E-state index < -0.39 is 0 Å². The predicted octanol–water partition coefficient (Wildman–Crippen LogP) is 4.54. The molecule has 0 unspecified atom stereocenters. The first-order chi connectivity index (χ1) is 14.4. The number of thiazole rings is 1. The Hall–Kier alpha value is -2.90. The number of aromatic nitrogens is 1. The highest BCUT2D eigenvalue weighted by Gasteiger charge is 2.11. The monoisotopic (exact) mass is 443 g/mol. The Morgan fingerprint density at radius 2 is 1.80 bits per heavy atom. The van der Waals surface area contributed by atoms with Gasteiger partial charge in [-0.15, -0.1) is 11.3 Å². The third-order valence-electron chi connectivity index (χ3n) is 3.99. The van der Waals surface area contributed by atoms with Crippen molar-refractivity contribution in [3.63, 3.8) is 0 Å². The summed E-state index contributed by atoms with van der Waals surface area (Å²) in [5.41, 5.74) is 1.57. The van der Waals surface area contributed by atoms with Crippen molar-refractivity contribution in [1.82, 2.24) is 10.3 Å². The molecular formula is C22H22ClN3O3S. The summed E-state index contributed by atoms with van der Waals surface area (Å²) in [6.45, 7) is 3.72. The van der Waals surface area contributed by atoms with E-state index in [1.54, 1.807) is 30.5 Å². The van der Waals surface area contributed by atoms with Gasteiger partial charge < -0.3 is 15.4 Å². The molecule has 0 saturated heterocycles. The normalized spacial score (nSPS) is 10.7. The number of anilines is 1. The number of halogens is 1. The summed E-state index contributed by atoms with van der Waals surface area (Å²) in [5.74, 6) is 0.0248. The zero-order chi connectivity index (χ0) is 21.5. The number of hydrogen-bond acceptors (Lipinski definition) is 5. The van der Waals surface area contributed by atoms with Gasteiger partial charge in [-0.05, 0) is 55.8 Å². The second kappa shape index (κ2) is 10.2. The smallest absolute Gasteiger partial charge is 0.251 e. The van der Waals surface area contributed by atoms with E-state index in [1.165, 1.54) is 11.3 Å². The summed E-state index contributed by atoms with van der Waals surface area (Å²) in [4.78, 5) is 29.6. The molecule has 0 aliphatic carbocycles. The predicted molar refractivity (Wildman–Crippen MR) is 120 cm³/mol. The summed E-state index contributed by atoms with van der Waals surface area (Å²) in [6.07, 6.45) is 2.50. The van der Waals surface area contributed by atoms with Crippen LogP contribution in [0, 0.1) is 0 Å². The van der Waals surface area contributed by atoms with Crippen LogP contribution in [-0.2, 0) is 11.2 Å². The van der Waals surface area contributed by atoms with Crippen molar-refractivity contribution < 1.29 is 14.3 Å². The first-order valence-electron chi connectivity index (χ1n) is 9.43. The van der Waals surface area contributed by atoms with Crippen molar-refractivity contribution in [3.05, 3.63) is 75.8 Å². The third kappa shape index (κ3) is 6.57. The minimum absolute atomic E-state index is 0.0611. The molecule has 3 aromatic rings. The third-order valence-corrected chi connectivity index (χ3v) is 5.15. The lowest BCUT2D eigenvalue weighted by Gasteiger charge is -2.10. The van der Waals surface area contributed by atoms with Crippen molar-refractivity contribution in [3.8, 4) is 5.75 Å². The van der Waals surface area contributed by atoms with Gasteiger partial charge in [0.2, 0.25) is 5.91 Å². The first kappa shape index (κ1) is 21.8. The topological polar surface area (TPSA) is 80.3 Å². The van der Waals surface area contributed by atoms with E-state index in [1.807, 2.05) is 38.1 Å². The van der Waals surface area contributed by atoms with Gasteiger partial charge in [0.25, 0.3) is 5.91 Å². The molecule has 30 heavy (non-hydrogen) atoms. The molecule has 0 spiro atoms. The van der Waals surface area contributed by atoms with E-state index in [9.17, 15) is 9.59 Å². The Labute approximate surface area is 184 Å². The second-order valence-corrected chi connectivity index (χ2v) is 8.41. The first-order valence-corrected chi connectivity index (χ1v) is 10.6. The molecule has 156 valence electrons. The largest absolute Gasteiger partial charge is 0.491 e. The SMILES string of the molecule is CC(C)Oc1ccc(C(=O)NCC(=O)Nc2ncc(Cc3ccc(Cl)cc3)s2)cc1. The fourth-order valence-electron chi connectivity index (χ4n) is 2.63. The van der Waals surface area contributed by atoms with E-state index in [0.29, 0.717) is 27.9 Å². The minimum atomic E-state index is -0.337. The highest BCUT2D eigenvalue weighted by Crippen LogP contribution is 2.22. The van der Waals surface area contributed by atoms with Gasteiger partial charge in [-0.1, -0.05) is 23.7 Å². The molecule has 0 aliphatic heterocycles. The zero-order valence-corrected chi connectivity index (χ0v) is 18.2. The number of amides is 2. The van der Waals surface area contributed by atoms with Crippen LogP contribution >= 0.6 is 22.9 Å². The Morgan fingerprint density at radius 3 is 2.47 bits per heavy atom. The number of benzene rings is 2. The van der Waals surface area contributed by atoms with Crippen LogP contribution < -0.4 is 15.4 Å². The highest BCUT2D eigenvalue weighted by atomic mass is 35.5. The second-order valence-electron chi connectivity index (χ2n) is 6.86. The van der Waals surface area contributed by atoms with Gasteiger partial charge in [0.1, 0.15) is 5.75 Å². The maximum atomic E-state index is 12.2. The molecule has 2 aromatic carbocycles. The number of hydrogen-bond donors (Lipinski definition) is 2. The molecule has 2 amide bonds. The van der Waals surface area contributed by atoms with E-state index in [0.717, 1.165) is 10.4 Å². The summed E-state index contributed by atoms with van der Waals surface area (Å²) < 4.78 is 5.55. The van der Waals surface area contributed by atoms with E-state index >= 15 is 0 Å². The molecular weight excluding hydrogens is 422 g/mol. The molecule has 2 N–H and O–H groups in total. The Bertz CT molecular complexity index is 1000. The van der Waals surface area contributed by atoms with Gasteiger partial charge in [-0.2, -0.15) is 0 Å². The lowest BCUT2D eigenvalue weighted by atomic mass is 10.1. The number of rotatable bonds is 8. The standard InChI is InChI=1S/C22H22ClN3O3S/c1-14(2)29-18-9-5-16(6-10-18)21(28)24-13-20(27)26-22-25-12-19(30-22)11-15-3-7-17(23)8-4-15/h3-10,12,14H,11,13H2,1-2H3,(H,24,28)(H,25,26,27). The minimum Gasteiger partial charge on any atom is -0.491 e. The average Bonchev–Trinajstić information content (AvgIpc) is 3.14. The molecule has 3 rings (SSSR count). The summed E-state index contributed by atoms with van der Waals surface area (Å²) in [5, 5.41) is 6.50. The lowest BCUT2D eigenvalue weighted by Crippen LogP contribution is -2.32. The maximum Gasteiger partial charge on any atom is 0.251 e. The van der Waals surface area contributed by atoms with Crippen molar-refractivity contribution in [2.24, 2.45) is 0 Å². The number of nitrogens with zero attached hydrogens (tertiary/aromatic N) is 1. The molecule has 8 heteroatoms. The van der Waals surface area contributed by atoms with Crippen LogP contribution in [0.4, 0.5) is 5.13 Å². The van der Waals surface area contributed by atoms with E-state index in [2.05, 4.69) is 15.6 Å². The van der Waals surface area contributed by atoms with Crippen molar-refractivity contribution >= 4 is 39.9 Å². The molecule has 1 aromatic heterocycles. The molecule has 0 fully saturated rings. The number of nitrogens with one attached hydrogen (secondary N) is 2. The van der Waals surface area contributed by atoms with Crippen molar-refractivity contribution in [2.45, 2.75) is 26.4 Å². The van der Waals surface area contributed by atoms with Gasteiger partial charge in [-0.3, -0.25) is 9.59 Å².